The standard InChI is InChI=1S/C21H19N5O4/c22-13-16-12-15(6-9-23-16)20-24-19(25-30-20)14-28-17-7-10-26(11-8-17)21(27)29-18-4-2-1-3-5-18/h1-6,9,12,17H,7-8,10-11,14H2. The van der Waals surface area contributed by atoms with Gasteiger partial charge >= 0.3 is 6.09 Å². The van der Waals surface area contributed by atoms with Crippen LogP contribution in [-0.2, 0) is 11.3 Å². The van der Waals surface area contributed by atoms with Crippen molar-refractivity contribution in [3.05, 3.63) is 60.2 Å². The molecule has 0 N–H and O–H groups in total. The zero-order valence-electron chi connectivity index (χ0n) is 16.1. The number of hydrogen-bond acceptors (Lipinski definition) is 8. The first-order valence-corrected chi connectivity index (χ1v) is 9.54. The molecular formula is C21H19N5O4. The van der Waals surface area contributed by atoms with E-state index in [0.29, 0.717) is 49.0 Å². The van der Waals surface area contributed by atoms with Crippen LogP contribution in [0, 0.1) is 11.3 Å². The zero-order valence-corrected chi connectivity index (χ0v) is 16.1. The molecule has 1 aliphatic rings. The number of pyridine rings is 1. The van der Waals surface area contributed by atoms with E-state index in [-0.39, 0.29) is 24.5 Å². The van der Waals surface area contributed by atoms with E-state index in [1.54, 1.807) is 29.2 Å². The number of likely N-dealkylation sites (tertiary alicyclic amines) is 1. The van der Waals surface area contributed by atoms with E-state index in [1.165, 1.54) is 6.20 Å². The van der Waals surface area contributed by atoms with Gasteiger partial charge in [-0.05, 0) is 37.1 Å². The second kappa shape index (κ2) is 9.15. The molecule has 0 saturated carbocycles. The Morgan fingerprint density at radius 2 is 2.03 bits per heavy atom. The average Bonchev–Trinajstić information content (AvgIpc) is 3.28. The van der Waals surface area contributed by atoms with E-state index < -0.39 is 0 Å². The fourth-order valence-electron chi connectivity index (χ4n) is 3.11. The molecule has 1 aromatic carbocycles. The van der Waals surface area contributed by atoms with Crippen molar-refractivity contribution in [2.24, 2.45) is 0 Å². The molecule has 0 spiro atoms. The maximum atomic E-state index is 12.2. The average molecular weight is 405 g/mol. The predicted molar refractivity (Wildman–Crippen MR) is 104 cm³/mol. The van der Waals surface area contributed by atoms with Gasteiger partial charge in [0.1, 0.15) is 24.1 Å². The lowest BCUT2D eigenvalue weighted by Gasteiger charge is -2.30. The van der Waals surface area contributed by atoms with Gasteiger partial charge in [-0.15, -0.1) is 0 Å². The lowest BCUT2D eigenvalue weighted by molar-refractivity contribution is -0.00224. The molecule has 0 aliphatic carbocycles. The number of ether oxygens (including phenoxy) is 2. The molecule has 3 heterocycles. The number of nitriles is 1. The molecule has 1 saturated heterocycles. The van der Waals surface area contributed by atoms with Crippen LogP contribution in [0.5, 0.6) is 5.75 Å². The van der Waals surface area contributed by atoms with E-state index in [2.05, 4.69) is 15.1 Å². The van der Waals surface area contributed by atoms with Gasteiger partial charge in [0.25, 0.3) is 5.89 Å². The van der Waals surface area contributed by atoms with Crippen LogP contribution >= 0.6 is 0 Å². The molecule has 0 atom stereocenters. The summed E-state index contributed by atoms with van der Waals surface area (Å²) in [6.07, 6.45) is 2.56. The summed E-state index contributed by atoms with van der Waals surface area (Å²) in [6.45, 7) is 1.32. The van der Waals surface area contributed by atoms with Crippen molar-refractivity contribution in [2.75, 3.05) is 13.1 Å². The molecule has 1 fully saturated rings. The second-order valence-corrected chi connectivity index (χ2v) is 6.74. The quantitative estimate of drug-likeness (QED) is 0.636. The Labute approximate surface area is 172 Å². The minimum Gasteiger partial charge on any atom is -0.410 e. The van der Waals surface area contributed by atoms with Crippen molar-refractivity contribution in [1.82, 2.24) is 20.0 Å². The second-order valence-electron chi connectivity index (χ2n) is 6.74. The number of aromatic nitrogens is 3. The zero-order chi connectivity index (χ0) is 20.8. The Hall–Kier alpha value is -3.77. The fraction of sp³-hybridized carbons (Fsp3) is 0.286. The molecule has 30 heavy (non-hydrogen) atoms. The van der Waals surface area contributed by atoms with Crippen LogP contribution in [0.25, 0.3) is 11.5 Å². The Morgan fingerprint density at radius 1 is 1.23 bits per heavy atom. The van der Waals surface area contributed by atoms with Crippen LogP contribution in [0.15, 0.2) is 53.2 Å². The summed E-state index contributed by atoms with van der Waals surface area (Å²) in [5.74, 6) is 1.27. The van der Waals surface area contributed by atoms with Crippen molar-refractivity contribution in [3.63, 3.8) is 0 Å². The molecule has 0 unspecified atom stereocenters. The Kier molecular flexibility index (Phi) is 5.96. The smallest absolute Gasteiger partial charge is 0.410 e. The highest BCUT2D eigenvalue weighted by Gasteiger charge is 2.25. The third kappa shape index (κ3) is 4.79. The van der Waals surface area contributed by atoms with Crippen molar-refractivity contribution < 1.29 is 18.8 Å². The van der Waals surface area contributed by atoms with Crippen molar-refractivity contribution in [2.45, 2.75) is 25.6 Å². The maximum absolute atomic E-state index is 12.2. The number of benzene rings is 1. The van der Waals surface area contributed by atoms with Crippen LogP contribution in [0.1, 0.15) is 24.4 Å². The van der Waals surface area contributed by atoms with Gasteiger partial charge in [0, 0.05) is 24.8 Å². The van der Waals surface area contributed by atoms with E-state index in [1.807, 2.05) is 24.3 Å². The maximum Gasteiger partial charge on any atom is 0.415 e. The van der Waals surface area contributed by atoms with Crippen LogP contribution in [0.4, 0.5) is 4.79 Å². The highest BCUT2D eigenvalue weighted by molar-refractivity contribution is 5.70. The van der Waals surface area contributed by atoms with Crippen molar-refractivity contribution >= 4 is 6.09 Å². The highest BCUT2D eigenvalue weighted by Crippen LogP contribution is 2.20. The largest absolute Gasteiger partial charge is 0.415 e. The summed E-state index contributed by atoms with van der Waals surface area (Å²) in [6, 6.07) is 14.3. The van der Waals surface area contributed by atoms with Gasteiger partial charge in [-0.1, -0.05) is 23.4 Å². The highest BCUT2D eigenvalue weighted by atomic mass is 16.6. The van der Waals surface area contributed by atoms with Gasteiger partial charge in [-0.2, -0.15) is 10.2 Å². The molecule has 9 nitrogen and oxygen atoms in total. The topological polar surface area (TPSA) is 114 Å². The summed E-state index contributed by atoms with van der Waals surface area (Å²) in [7, 11) is 0. The lowest BCUT2D eigenvalue weighted by Crippen LogP contribution is -2.42. The van der Waals surface area contributed by atoms with Crippen molar-refractivity contribution in [1.29, 1.82) is 5.26 Å². The third-order valence-electron chi connectivity index (χ3n) is 4.69. The number of para-hydroxylation sites is 1. The Bertz CT molecular complexity index is 1040. The molecule has 4 rings (SSSR count). The lowest BCUT2D eigenvalue weighted by atomic mass is 10.1. The first-order chi connectivity index (χ1) is 14.7. The monoisotopic (exact) mass is 405 g/mol. The van der Waals surface area contributed by atoms with E-state index in [0.717, 1.165) is 0 Å². The first-order valence-electron chi connectivity index (χ1n) is 9.54. The summed E-state index contributed by atoms with van der Waals surface area (Å²) in [4.78, 5) is 22.1. The van der Waals surface area contributed by atoms with Crippen LogP contribution < -0.4 is 4.74 Å². The molecule has 3 aromatic rings. The number of carbonyl (C=O) groups is 1. The number of nitrogens with zero attached hydrogens (tertiary/aromatic N) is 5. The Morgan fingerprint density at radius 3 is 2.80 bits per heavy atom. The molecule has 2 aromatic heterocycles. The van der Waals surface area contributed by atoms with Gasteiger partial charge in [-0.3, -0.25) is 0 Å². The summed E-state index contributed by atoms with van der Waals surface area (Å²) < 4.78 is 16.5. The minimum absolute atomic E-state index is 0.00107. The number of hydrogen-bond donors (Lipinski definition) is 0. The van der Waals surface area contributed by atoms with Crippen LogP contribution in [0.3, 0.4) is 0 Å². The number of carbonyl (C=O) groups excluding carboxylic acids is 1. The molecule has 1 aliphatic heterocycles. The predicted octanol–water partition coefficient (Wildman–Crippen LogP) is 3.18. The normalized spacial score (nSPS) is 14.3. The van der Waals surface area contributed by atoms with Gasteiger partial charge in [0.15, 0.2) is 5.82 Å². The van der Waals surface area contributed by atoms with Crippen LogP contribution in [-0.4, -0.2) is 45.3 Å². The number of amides is 1. The van der Waals surface area contributed by atoms with E-state index in [9.17, 15) is 4.79 Å². The van der Waals surface area contributed by atoms with Gasteiger partial charge in [-0.25, -0.2) is 9.78 Å². The first kappa shape index (κ1) is 19.5. The molecule has 0 bridgehead atoms. The minimum atomic E-state index is -0.350. The molecule has 9 heteroatoms. The number of piperidine rings is 1. The summed E-state index contributed by atoms with van der Waals surface area (Å²) in [5, 5.41) is 12.9. The van der Waals surface area contributed by atoms with E-state index in [4.69, 9.17) is 19.3 Å². The summed E-state index contributed by atoms with van der Waals surface area (Å²) in [5.41, 5.74) is 0.909. The van der Waals surface area contributed by atoms with Crippen LogP contribution in [0.2, 0.25) is 0 Å². The number of rotatable bonds is 5. The SMILES string of the molecule is N#Cc1cc(-c2nc(COC3CCN(C(=O)Oc4ccccc4)CC3)no2)ccn1. The summed E-state index contributed by atoms with van der Waals surface area (Å²) >= 11 is 0. The molecule has 0 radical (unpaired) electrons. The van der Waals surface area contributed by atoms with Gasteiger partial charge in [0.2, 0.25) is 0 Å². The molecule has 152 valence electrons. The third-order valence-corrected chi connectivity index (χ3v) is 4.69. The molecule has 1 amide bonds. The van der Waals surface area contributed by atoms with Gasteiger partial charge < -0.3 is 18.9 Å². The van der Waals surface area contributed by atoms with Gasteiger partial charge in [0.05, 0.1) is 6.10 Å². The fourth-order valence-corrected chi connectivity index (χ4v) is 3.11. The van der Waals surface area contributed by atoms with E-state index >= 15 is 0 Å². The van der Waals surface area contributed by atoms with Crippen molar-refractivity contribution in [3.8, 4) is 23.3 Å². The Balaban J connectivity index is 1.25. The molecular weight excluding hydrogens is 386 g/mol.